The van der Waals surface area contributed by atoms with E-state index in [0.29, 0.717) is 34.2 Å². The van der Waals surface area contributed by atoms with Crippen LogP contribution in [0.5, 0.6) is 0 Å². The van der Waals surface area contributed by atoms with Gasteiger partial charge in [-0.05, 0) is 42.0 Å². The maximum atomic E-state index is 14.6. The highest BCUT2D eigenvalue weighted by molar-refractivity contribution is 6.30. The van der Waals surface area contributed by atoms with Crippen LogP contribution >= 0.6 is 0 Å². The highest BCUT2D eigenvalue weighted by atomic mass is 16.5. The van der Waals surface area contributed by atoms with E-state index in [-0.39, 0.29) is 5.78 Å². The zero-order valence-corrected chi connectivity index (χ0v) is 24.5. The SMILES string of the molecule is O=C(C(=C1C=C(c2ccccc2)OC(c2ccccc2)=C1)c1cc(-c2ccccc2)[o+]c(-c2ccccc2)c1)c1ccccc1. The molecule has 0 saturated carbocycles. The first-order valence-corrected chi connectivity index (χ1v) is 14.9. The molecule has 0 saturated heterocycles. The number of carbonyl (C=O) groups is 1. The summed E-state index contributed by atoms with van der Waals surface area (Å²) in [5.74, 6) is 2.56. The van der Waals surface area contributed by atoms with Gasteiger partial charge in [0, 0.05) is 27.8 Å². The van der Waals surface area contributed by atoms with Crippen molar-refractivity contribution in [3.05, 3.63) is 204 Å². The molecule has 0 aliphatic carbocycles. The molecular formula is C42H29O3+. The average molecular weight is 582 g/mol. The van der Waals surface area contributed by atoms with Crippen LogP contribution in [0.4, 0.5) is 0 Å². The van der Waals surface area contributed by atoms with Crippen LogP contribution in [0.2, 0.25) is 0 Å². The minimum atomic E-state index is -0.0935. The number of Topliss-reactive ketones (excluding diaryl/α,β-unsaturated/α-hetero) is 1. The largest absolute Gasteiger partial charge is 0.456 e. The van der Waals surface area contributed by atoms with Crippen molar-refractivity contribution in [1.82, 2.24) is 0 Å². The summed E-state index contributed by atoms with van der Waals surface area (Å²) in [5.41, 5.74) is 6.31. The Morgan fingerprint density at radius 3 is 1.24 bits per heavy atom. The maximum absolute atomic E-state index is 14.6. The first kappa shape index (κ1) is 27.8. The number of hydrogen-bond acceptors (Lipinski definition) is 2. The predicted octanol–water partition coefficient (Wildman–Crippen LogP) is 10.6. The third kappa shape index (κ3) is 6.06. The molecule has 0 N–H and O–H groups in total. The van der Waals surface area contributed by atoms with E-state index >= 15 is 0 Å². The first-order valence-electron chi connectivity index (χ1n) is 14.9. The number of ketones is 1. The summed E-state index contributed by atoms with van der Waals surface area (Å²) in [4.78, 5) is 14.6. The molecule has 3 nitrogen and oxygen atoms in total. The highest BCUT2D eigenvalue weighted by Gasteiger charge is 2.27. The highest BCUT2D eigenvalue weighted by Crippen LogP contribution is 2.38. The number of rotatable bonds is 7. The molecule has 0 fully saturated rings. The third-order valence-corrected chi connectivity index (χ3v) is 7.66. The molecule has 2 heterocycles. The zero-order chi connectivity index (χ0) is 30.4. The smallest absolute Gasteiger partial charge is 0.361 e. The van der Waals surface area contributed by atoms with Crippen LogP contribution in [-0.4, -0.2) is 5.78 Å². The molecule has 45 heavy (non-hydrogen) atoms. The fourth-order valence-electron chi connectivity index (χ4n) is 5.43. The van der Waals surface area contributed by atoms with Gasteiger partial charge in [0.25, 0.3) is 0 Å². The van der Waals surface area contributed by atoms with Crippen LogP contribution in [0.15, 0.2) is 186 Å². The number of benzene rings is 5. The summed E-state index contributed by atoms with van der Waals surface area (Å²) < 4.78 is 13.0. The number of carbonyl (C=O) groups excluding carboxylic acids is 1. The molecule has 6 aromatic rings. The topological polar surface area (TPSA) is 37.6 Å². The van der Waals surface area contributed by atoms with Gasteiger partial charge >= 0.3 is 11.5 Å². The Labute approximate surface area is 262 Å². The Morgan fingerprint density at radius 2 is 0.822 bits per heavy atom. The Morgan fingerprint density at radius 1 is 0.444 bits per heavy atom. The summed E-state index contributed by atoms with van der Waals surface area (Å²) in [7, 11) is 0. The lowest BCUT2D eigenvalue weighted by atomic mass is 9.89. The molecule has 214 valence electrons. The van der Waals surface area contributed by atoms with Crippen LogP contribution in [-0.2, 0) is 4.74 Å². The lowest BCUT2D eigenvalue weighted by Gasteiger charge is -2.21. The van der Waals surface area contributed by atoms with E-state index in [1.54, 1.807) is 0 Å². The number of allylic oxidation sites excluding steroid dienone is 4. The standard InChI is InChI=1S/C42H29O3/c43-42(34-24-14-5-15-25-34)41(35-26-37(30-16-6-1-7-17-30)44-38(27-35)31-18-8-2-9-19-31)36-28-39(32-20-10-3-11-21-32)45-40(29-36)33-22-12-4-13-23-33/h1-29H/q+1. The van der Waals surface area contributed by atoms with Gasteiger partial charge in [0.05, 0.1) is 23.3 Å². The number of ether oxygens (including phenoxy) is 1. The monoisotopic (exact) mass is 581 g/mol. The summed E-state index contributed by atoms with van der Waals surface area (Å²) in [5, 5.41) is 0. The van der Waals surface area contributed by atoms with Gasteiger partial charge in [-0.25, -0.2) is 4.42 Å². The van der Waals surface area contributed by atoms with Gasteiger partial charge in [0.2, 0.25) is 0 Å². The van der Waals surface area contributed by atoms with Crippen LogP contribution in [0, 0.1) is 0 Å². The summed E-state index contributed by atoms with van der Waals surface area (Å²) in [6.07, 6.45) is 3.93. The molecular weight excluding hydrogens is 552 g/mol. The maximum Gasteiger partial charge on any atom is 0.361 e. The van der Waals surface area contributed by atoms with Crippen molar-refractivity contribution in [2.24, 2.45) is 0 Å². The zero-order valence-electron chi connectivity index (χ0n) is 24.5. The molecule has 1 aromatic heterocycles. The van der Waals surface area contributed by atoms with Crippen molar-refractivity contribution in [3.63, 3.8) is 0 Å². The van der Waals surface area contributed by atoms with Gasteiger partial charge in [0.1, 0.15) is 11.5 Å². The van der Waals surface area contributed by atoms with E-state index in [9.17, 15) is 4.79 Å². The third-order valence-electron chi connectivity index (χ3n) is 7.66. The van der Waals surface area contributed by atoms with Crippen LogP contribution < -0.4 is 0 Å². The predicted molar refractivity (Wildman–Crippen MR) is 182 cm³/mol. The second-order valence-corrected chi connectivity index (χ2v) is 10.7. The van der Waals surface area contributed by atoms with E-state index in [1.165, 1.54) is 0 Å². The molecule has 0 amide bonds. The minimum Gasteiger partial charge on any atom is -0.456 e. The Kier molecular flexibility index (Phi) is 7.81. The van der Waals surface area contributed by atoms with Crippen molar-refractivity contribution < 1.29 is 13.9 Å². The van der Waals surface area contributed by atoms with Gasteiger partial charge < -0.3 is 4.74 Å². The Hall–Kier alpha value is -6.06. The lowest BCUT2D eigenvalue weighted by Crippen LogP contribution is -2.08. The van der Waals surface area contributed by atoms with Crippen LogP contribution in [0.3, 0.4) is 0 Å². The van der Waals surface area contributed by atoms with Gasteiger partial charge in [-0.1, -0.05) is 127 Å². The second-order valence-electron chi connectivity index (χ2n) is 10.7. The van der Waals surface area contributed by atoms with Crippen molar-refractivity contribution >= 4 is 22.9 Å². The van der Waals surface area contributed by atoms with E-state index in [1.807, 2.05) is 176 Å². The van der Waals surface area contributed by atoms with Crippen molar-refractivity contribution in [3.8, 4) is 22.6 Å². The molecule has 0 atom stereocenters. The molecule has 0 spiro atoms. The summed E-state index contributed by atoms with van der Waals surface area (Å²) >= 11 is 0. The van der Waals surface area contributed by atoms with Crippen LogP contribution in [0.25, 0.3) is 39.7 Å². The first-order chi connectivity index (χ1) is 22.2. The normalized spacial score (nSPS) is 12.5. The summed E-state index contributed by atoms with van der Waals surface area (Å²) in [6, 6.07) is 53.2. The van der Waals surface area contributed by atoms with Crippen LogP contribution in [0.1, 0.15) is 27.0 Å². The average Bonchev–Trinajstić information content (AvgIpc) is 3.13. The fraction of sp³-hybridized carbons (Fsp3) is 0. The van der Waals surface area contributed by atoms with Gasteiger partial charge in [0.15, 0.2) is 5.78 Å². The molecule has 1 aliphatic rings. The molecule has 0 unspecified atom stereocenters. The number of hydrogen-bond donors (Lipinski definition) is 0. The Balaban J connectivity index is 1.53. The summed E-state index contributed by atoms with van der Waals surface area (Å²) in [6.45, 7) is 0. The molecule has 3 heteroatoms. The van der Waals surface area contributed by atoms with E-state index < -0.39 is 0 Å². The van der Waals surface area contributed by atoms with Gasteiger partial charge in [-0.3, -0.25) is 4.79 Å². The molecule has 0 bridgehead atoms. The lowest BCUT2D eigenvalue weighted by molar-refractivity contribution is 0.105. The van der Waals surface area contributed by atoms with E-state index in [4.69, 9.17) is 9.15 Å². The van der Waals surface area contributed by atoms with Gasteiger partial charge in [-0.15, -0.1) is 0 Å². The minimum absolute atomic E-state index is 0.0935. The van der Waals surface area contributed by atoms with Crippen molar-refractivity contribution in [2.45, 2.75) is 0 Å². The van der Waals surface area contributed by atoms with Crippen molar-refractivity contribution in [2.75, 3.05) is 0 Å². The van der Waals surface area contributed by atoms with Gasteiger partial charge in [-0.2, -0.15) is 0 Å². The Bertz CT molecular complexity index is 1930. The molecule has 0 radical (unpaired) electrons. The van der Waals surface area contributed by atoms with E-state index in [0.717, 1.165) is 33.4 Å². The fourth-order valence-corrected chi connectivity index (χ4v) is 5.43. The van der Waals surface area contributed by atoms with Crippen molar-refractivity contribution in [1.29, 1.82) is 0 Å². The molecule has 5 aromatic carbocycles. The second kappa shape index (κ2) is 12.7. The molecule has 7 rings (SSSR count). The van der Waals surface area contributed by atoms with E-state index in [2.05, 4.69) is 0 Å². The molecule has 1 aliphatic heterocycles. The quantitative estimate of drug-likeness (QED) is 0.107.